The number of hydrogen-bond donors (Lipinski definition) is 2. The summed E-state index contributed by atoms with van der Waals surface area (Å²) in [5.74, 6) is 0.0845. The fraction of sp³-hybridized carbons (Fsp3) is 0.444. The van der Waals surface area contributed by atoms with Crippen molar-refractivity contribution in [3.63, 3.8) is 0 Å². The summed E-state index contributed by atoms with van der Waals surface area (Å²) in [4.78, 5) is 28.4. The summed E-state index contributed by atoms with van der Waals surface area (Å²) >= 11 is 0. The topological polar surface area (TPSA) is 64.7 Å². The molecule has 0 unspecified atom stereocenters. The third-order valence-corrected chi connectivity index (χ3v) is 4.55. The first-order valence-corrected chi connectivity index (χ1v) is 8.39. The van der Waals surface area contributed by atoms with Crippen LogP contribution in [0.25, 0.3) is 0 Å². The Morgan fingerprint density at radius 2 is 1.92 bits per heavy atom. The molecule has 24 heavy (non-hydrogen) atoms. The fourth-order valence-corrected chi connectivity index (χ4v) is 3.16. The van der Waals surface area contributed by atoms with E-state index in [1.165, 1.54) is 11.1 Å². The van der Waals surface area contributed by atoms with E-state index in [9.17, 15) is 9.59 Å². The largest absolute Gasteiger partial charge is 0.352 e. The molecule has 0 radical (unpaired) electrons. The van der Waals surface area contributed by atoms with Crippen molar-refractivity contribution in [3.05, 3.63) is 47.5 Å². The summed E-state index contributed by atoms with van der Waals surface area (Å²) in [6.45, 7) is 8.93. The Morgan fingerprint density at radius 1 is 1.17 bits per heavy atom. The summed E-state index contributed by atoms with van der Waals surface area (Å²) < 4.78 is 0. The van der Waals surface area contributed by atoms with E-state index >= 15 is 0 Å². The SMILES string of the molecule is C=CCNC(=O)CN1CCN(C(=O)c2ccc3c(c2)CNC3)CC1. The maximum atomic E-state index is 12.7. The Bertz CT molecular complexity index is 636. The highest BCUT2D eigenvalue weighted by Crippen LogP contribution is 2.18. The van der Waals surface area contributed by atoms with Gasteiger partial charge >= 0.3 is 0 Å². The molecule has 128 valence electrons. The molecule has 0 aromatic heterocycles. The molecule has 2 N–H and O–H groups in total. The molecule has 2 aliphatic heterocycles. The zero-order valence-electron chi connectivity index (χ0n) is 13.9. The summed E-state index contributed by atoms with van der Waals surface area (Å²) in [6.07, 6.45) is 1.67. The molecule has 2 aliphatic rings. The second-order valence-electron chi connectivity index (χ2n) is 6.25. The van der Waals surface area contributed by atoms with Gasteiger partial charge in [-0.05, 0) is 23.3 Å². The van der Waals surface area contributed by atoms with Crippen LogP contribution in [0.1, 0.15) is 21.5 Å². The number of piperazine rings is 1. The lowest BCUT2D eigenvalue weighted by Gasteiger charge is -2.34. The zero-order chi connectivity index (χ0) is 16.9. The zero-order valence-corrected chi connectivity index (χ0v) is 13.9. The Hall–Kier alpha value is -2.18. The summed E-state index contributed by atoms with van der Waals surface area (Å²) in [5.41, 5.74) is 3.26. The van der Waals surface area contributed by atoms with Gasteiger partial charge in [0.05, 0.1) is 6.54 Å². The van der Waals surface area contributed by atoms with Crippen LogP contribution in [-0.4, -0.2) is 60.9 Å². The fourth-order valence-electron chi connectivity index (χ4n) is 3.16. The molecule has 0 aliphatic carbocycles. The van der Waals surface area contributed by atoms with E-state index in [4.69, 9.17) is 0 Å². The minimum absolute atomic E-state index is 0.000740. The number of amides is 2. The molecular formula is C18H24N4O2. The van der Waals surface area contributed by atoms with Crippen molar-refractivity contribution in [3.8, 4) is 0 Å². The summed E-state index contributed by atoms with van der Waals surface area (Å²) in [6, 6.07) is 5.97. The van der Waals surface area contributed by atoms with Crippen LogP contribution < -0.4 is 10.6 Å². The maximum absolute atomic E-state index is 12.7. The van der Waals surface area contributed by atoms with Crippen LogP contribution >= 0.6 is 0 Å². The number of carbonyl (C=O) groups excluding carboxylic acids is 2. The van der Waals surface area contributed by atoms with E-state index in [0.29, 0.717) is 26.2 Å². The van der Waals surface area contributed by atoms with E-state index in [-0.39, 0.29) is 11.8 Å². The monoisotopic (exact) mass is 328 g/mol. The van der Waals surface area contributed by atoms with Crippen LogP contribution in [-0.2, 0) is 17.9 Å². The second kappa shape index (κ2) is 7.59. The number of hydrogen-bond acceptors (Lipinski definition) is 4. The lowest BCUT2D eigenvalue weighted by Crippen LogP contribution is -2.51. The molecule has 1 aromatic rings. The van der Waals surface area contributed by atoms with Gasteiger partial charge in [-0.3, -0.25) is 14.5 Å². The second-order valence-corrected chi connectivity index (χ2v) is 6.25. The Morgan fingerprint density at radius 3 is 2.67 bits per heavy atom. The third kappa shape index (κ3) is 3.83. The minimum atomic E-state index is 0.000740. The highest BCUT2D eigenvalue weighted by molar-refractivity contribution is 5.94. The molecular weight excluding hydrogens is 304 g/mol. The van der Waals surface area contributed by atoms with E-state index in [1.807, 2.05) is 23.1 Å². The molecule has 3 rings (SSSR count). The third-order valence-electron chi connectivity index (χ3n) is 4.55. The lowest BCUT2D eigenvalue weighted by molar-refractivity contribution is -0.122. The van der Waals surface area contributed by atoms with Gasteiger partial charge in [0.1, 0.15) is 0 Å². The number of nitrogens with zero attached hydrogens (tertiary/aromatic N) is 2. The van der Waals surface area contributed by atoms with Gasteiger partial charge in [0.2, 0.25) is 5.91 Å². The molecule has 1 aromatic carbocycles. The van der Waals surface area contributed by atoms with E-state index in [2.05, 4.69) is 22.1 Å². The summed E-state index contributed by atoms with van der Waals surface area (Å²) in [5, 5.41) is 6.07. The number of nitrogens with one attached hydrogen (secondary N) is 2. The average molecular weight is 328 g/mol. The van der Waals surface area contributed by atoms with E-state index in [1.54, 1.807) is 6.08 Å². The predicted molar refractivity (Wildman–Crippen MR) is 92.5 cm³/mol. The quantitative estimate of drug-likeness (QED) is 0.766. The van der Waals surface area contributed by atoms with Crippen molar-refractivity contribution in [2.24, 2.45) is 0 Å². The molecule has 0 saturated carbocycles. The van der Waals surface area contributed by atoms with E-state index in [0.717, 1.165) is 31.7 Å². The number of rotatable bonds is 5. The molecule has 0 bridgehead atoms. The van der Waals surface area contributed by atoms with Crippen molar-refractivity contribution in [1.29, 1.82) is 0 Å². The van der Waals surface area contributed by atoms with Gasteiger partial charge in [-0.2, -0.15) is 0 Å². The molecule has 6 nitrogen and oxygen atoms in total. The van der Waals surface area contributed by atoms with Crippen molar-refractivity contribution in [1.82, 2.24) is 20.4 Å². The maximum Gasteiger partial charge on any atom is 0.253 e. The molecule has 6 heteroatoms. The molecule has 2 heterocycles. The van der Waals surface area contributed by atoms with Crippen molar-refractivity contribution >= 4 is 11.8 Å². The van der Waals surface area contributed by atoms with E-state index < -0.39 is 0 Å². The van der Waals surface area contributed by atoms with Gasteiger partial charge < -0.3 is 15.5 Å². The van der Waals surface area contributed by atoms with Crippen LogP contribution in [0.2, 0.25) is 0 Å². The van der Waals surface area contributed by atoms with Crippen LogP contribution in [0.5, 0.6) is 0 Å². The van der Waals surface area contributed by atoms with Crippen molar-refractivity contribution in [2.45, 2.75) is 13.1 Å². The predicted octanol–water partition coefficient (Wildman–Crippen LogP) is 0.350. The van der Waals surface area contributed by atoms with Gasteiger partial charge in [-0.25, -0.2) is 0 Å². The van der Waals surface area contributed by atoms with Gasteiger partial charge in [-0.15, -0.1) is 6.58 Å². The Balaban J connectivity index is 1.52. The first-order valence-electron chi connectivity index (χ1n) is 8.39. The van der Waals surface area contributed by atoms with Gasteiger partial charge in [0.25, 0.3) is 5.91 Å². The van der Waals surface area contributed by atoms with Crippen LogP contribution in [0.4, 0.5) is 0 Å². The van der Waals surface area contributed by atoms with Gasteiger partial charge in [0.15, 0.2) is 0 Å². The molecule has 1 fully saturated rings. The average Bonchev–Trinajstić information content (AvgIpc) is 3.07. The summed E-state index contributed by atoms with van der Waals surface area (Å²) in [7, 11) is 0. The van der Waals surface area contributed by atoms with Gasteiger partial charge in [0, 0.05) is 51.4 Å². The van der Waals surface area contributed by atoms with Gasteiger partial charge in [-0.1, -0.05) is 12.1 Å². The molecule has 1 saturated heterocycles. The van der Waals surface area contributed by atoms with Crippen LogP contribution in [0.3, 0.4) is 0 Å². The van der Waals surface area contributed by atoms with Crippen LogP contribution in [0, 0.1) is 0 Å². The minimum Gasteiger partial charge on any atom is -0.352 e. The highest BCUT2D eigenvalue weighted by atomic mass is 16.2. The lowest BCUT2D eigenvalue weighted by atomic mass is 10.1. The molecule has 0 atom stereocenters. The Labute approximate surface area is 142 Å². The van der Waals surface area contributed by atoms with Crippen molar-refractivity contribution in [2.75, 3.05) is 39.3 Å². The van der Waals surface area contributed by atoms with Crippen molar-refractivity contribution < 1.29 is 9.59 Å². The first kappa shape index (κ1) is 16.7. The number of fused-ring (bicyclic) bond motifs is 1. The normalized spacial score (nSPS) is 17.4. The Kier molecular flexibility index (Phi) is 5.27. The number of carbonyl (C=O) groups is 2. The standard InChI is InChI=1S/C18H24N4O2/c1-2-5-20-17(23)13-21-6-8-22(9-7-21)18(24)14-3-4-15-11-19-12-16(15)10-14/h2-4,10,19H,1,5-9,11-13H2,(H,20,23). The van der Waals surface area contributed by atoms with Crippen LogP contribution in [0.15, 0.2) is 30.9 Å². The highest BCUT2D eigenvalue weighted by Gasteiger charge is 2.24. The smallest absolute Gasteiger partial charge is 0.253 e. The molecule has 2 amide bonds. The number of benzene rings is 1. The first-order chi connectivity index (χ1) is 11.7. The molecule has 0 spiro atoms.